The van der Waals surface area contributed by atoms with E-state index in [1.54, 1.807) is 6.20 Å². The molecule has 3 rings (SSSR count). The average Bonchev–Trinajstić information content (AvgIpc) is 3.33. The molecule has 0 fully saturated rings. The summed E-state index contributed by atoms with van der Waals surface area (Å²) in [4.78, 5) is 9.30. The fourth-order valence-electron chi connectivity index (χ4n) is 4.04. The highest BCUT2D eigenvalue weighted by molar-refractivity contribution is 7.91. The van der Waals surface area contributed by atoms with Gasteiger partial charge in [-0.3, -0.25) is 0 Å². The van der Waals surface area contributed by atoms with E-state index in [0.29, 0.717) is 29.3 Å². The van der Waals surface area contributed by atoms with Crippen LogP contribution in [0, 0.1) is 12.5 Å². The van der Waals surface area contributed by atoms with Gasteiger partial charge in [-0.25, -0.2) is 23.0 Å². The Labute approximate surface area is 214 Å². The number of imidazole rings is 1. The number of nitrogens with one attached hydrogen (secondary N) is 1. The van der Waals surface area contributed by atoms with Crippen LogP contribution in [0.25, 0.3) is 16.0 Å². The lowest BCUT2D eigenvalue weighted by Gasteiger charge is -2.21. The SMILES string of the molecule is [C-]#[N+]c1cc(Cn2ccnc2C(C)(C)C)ccc1-c1cc(CC(C)C)sc1S(=O)(=O)NC(C)(C)C. The Morgan fingerprint density at radius 3 is 2.37 bits per heavy atom. The Morgan fingerprint density at radius 2 is 1.80 bits per heavy atom. The highest BCUT2D eigenvalue weighted by Gasteiger charge is 2.29. The smallest absolute Gasteiger partial charge is 0.251 e. The summed E-state index contributed by atoms with van der Waals surface area (Å²) in [5.74, 6) is 1.37. The zero-order valence-corrected chi connectivity index (χ0v) is 23.6. The predicted molar refractivity (Wildman–Crippen MR) is 145 cm³/mol. The Hall–Kier alpha value is -2.47. The van der Waals surface area contributed by atoms with Crippen LogP contribution < -0.4 is 4.72 Å². The zero-order valence-electron chi connectivity index (χ0n) is 21.9. The van der Waals surface area contributed by atoms with Gasteiger partial charge < -0.3 is 4.57 Å². The topological polar surface area (TPSA) is 68.3 Å². The Bertz CT molecular complexity index is 1340. The number of rotatable bonds is 7. The molecule has 1 aromatic carbocycles. The van der Waals surface area contributed by atoms with Crippen molar-refractivity contribution in [3.05, 3.63) is 64.3 Å². The summed E-state index contributed by atoms with van der Waals surface area (Å²) in [6, 6.07) is 7.67. The quantitative estimate of drug-likeness (QED) is 0.355. The third-order valence-corrected chi connectivity index (χ3v) is 8.70. The Balaban J connectivity index is 2.09. The maximum absolute atomic E-state index is 13.4. The van der Waals surface area contributed by atoms with Gasteiger partial charge in [0.1, 0.15) is 10.0 Å². The summed E-state index contributed by atoms with van der Waals surface area (Å²) in [6.45, 7) is 24.5. The van der Waals surface area contributed by atoms with E-state index in [9.17, 15) is 8.42 Å². The lowest BCUT2D eigenvalue weighted by molar-refractivity contribution is 0.493. The fourth-order valence-corrected chi connectivity index (χ4v) is 7.39. The molecule has 2 heterocycles. The summed E-state index contributed by atoms with van der Waals surface area (Å²) in [6.07, 6.45) is 4.53. The van der Waals surface area contributed by atoms with Crippen LogP contribution in [0.2, 0.25) is 0 Å². The summed E-state index contributed by atoms with van der Waals surface area (Å²) in [7, 11) is -3.76. The minimum Gasteiger partial charge on any atom is -0.330 e. The molecule has 0 unspecified atom stereocenters. The van der Waals surface area contributed by atoms with Crippen molar-refractivity contribution in [2.75, 3.05) is 0 Å². The molecule has 188 valence electrons. The van der Waals surface area contributed by atoms with Crippen molar-refractivity contribution in [3.63, 3.8) is 0 Å². The maximum atomic E-state index is 13.4. The Morgan fingerprint density at radius 1 is 1.11 bits per heavy atom. The average molecular weight is 513 g/mol. The van der Waals surface area contributed by atoms with Crippen LogP contribution >= 0.6 is 11.3 Å². The first-order valence-electron chi connectivity index (χ1n) is 11.8. The van der Waals surface area contributed by atoms with Crippen molar-refractivity contribution in [2.24, 2.45) is 5.92 Å². The van der Waals surface area contributed by atoms with Crippen molar-refractivity contribution in [1.82, 2.24) is 14.3 Å². The van der Waals surface area contributed by atoms with E-state index in [4.69, 9.17) is 6.57 Å². The van der Waals surface area contributed by atoms with Crippen LogP contribution in [-0.4, -0.2) is 23.5 Å². The van der Waals surface area contributed by atoms with E-state index < -0.39 is 15.6 Å². The van der Waals surface area contributed by atoms with Gasteiger partial charge in [-0.05, 0) is 50.3 Å². The van der Waals surface area contributed by atoms with Gasteiger partial charge in [0.2, 0.25) is 0 Å². The lowest BCUT2D eigenvalue weighted by atomic mass is 9.95. The molecular formula is C27H36N4O2S2. The van der Waals surface area contributed by atoms with Crippen molar-refractivity contribution in [3.8, 4) is 11.1 Å². The van der Waals surface area contributed by atoms with Gasteiger partial charge in [0.15, 0.2) is 5.69 Å². The molecule has 0 saturated heterocycles. The number of thiophene rings is 1. The third kappa shape index (κ3) is 6.60. The fraction of sp³-hybridized carbons (Fsp3) is 0.481. The molecule has 0 aliphatic heterocycles. The number of hydrogen-bond donors (Lipinski definition) is 1. The van der Waals surface area contributed by atoms with Gasteiger partial charge >= 0.3 is 0 Å². The van der Waals surface area contributed by atoms with Crippen molar-refractivity contribution < 1.29 is 8.42 Å². The number of benzene rings is 1. The summed E-state index contributed by atoms with van der Waals surface area (Å²) < 4.78 is 31.9. The summed E-state index contributed by atoms with van der Waals surface area (Å²) in [5.41, 5.74) is 1.95. The number of hydrogen-bond acceptors (Lipinski definition) is 4. The van der Waals surface area contributed by atoms with Crippen LogP contribution in [0.15, 0.2) is 40.9 Å². The molecule has 0 saturated carbocycles. The van der Waals surface area contributed by atoms with E-state index in [2.05, 4.69) is 53.7 Å². The van der Waals surface area contributed by atoms with Gasteiger partial charge in [-0.2, -0.15) is 0 Å². The molecule has 0 aliphatic rings. The van der Waals surface area contributed by atoms with Crippen LogP contribution in [0.1, 0.15) is 71.7 Å². The second-order valence-electron chi connectivity index (χ2n) is 11.5. The molecule has 8 heteroatoms. The van der Waals surface area contributed by atoms with Gasteiger partial charge in [-0.15, -0.1) is 11.3 Å². The molecule has 35 heavy (non-hydrogen) atoms. The first kappa shape index (κ1) is 27.1. The van der Waals surface area contributed by atoms with E-state index in [0.717, 1.165) is 22.7 Å². The van der Waals surface area contributed by atoms with Crippen LogP contribution in [0.3, 0.4) is 0 Å². The van der Waals surface area contributed by atoms with Crippen LogP contribution in [0.4, 0.5) is 5.69 Å². The predicted octanol–water partition coefficient (Wildman–Crippen LogP) is 6.78. The van der Waals surface area contributed by atoms with Crippen LogP contribution in [-0.2, 0) is 28.4 Å². The largest absolute Gasteiger partial charge is 0.330 e. The molecule has 2 aromatic heterocycles. The van der Waals surface area contributed by atoms with Gasteiger partial charge in [0.05, 0.1) is 6.57 Å². The maximum Gasteiger partial charge on any atom is 0.251 e. The van der Waals surface area contributed by atoms with Gasteiger partial charge in [0, 0.05) is 40.3 Å². The van der Waals surface area contributed by atoms with E-state index in [-0.39, 0.29) is 9.62 Å². The minimum absolute atomic E-state index is 0.0983. The number of sulfonamides is 1. The second kappa shape index (κ2) is 9.88. The first-order chi connectivity index (χ1) is 16.1. The molecule has 0 radical (unpaired) electrons. The second-order valence-corrected chi connectivity index (χ2v) is 14.5. The summed E-state index contributed by atoms with van der Waals surface area (Å²) >= 11 is 1.30. The molecule has 0 spiro atoms. The molecule has 1 N–H and O–H groups in total. The monoisotopic (exact) mass is 512 g/mol. The van der Waals surface area contributed by atoms with Crippen LogP contribution in [0.5, 0.6) is 0 Å². The van der Waals surface area contributed by atoms with Crippen molar-refractivity contribution >= 4 is 27.0 Å². The van der Waals surface area contributed by atoms with E-state index in [1.165, 1.54) is 11.3 Å². The normalized spacial score (nSPS) is 12.8. The molecule has 0 bridgehead atoms. The minimum atomic E-state index is -3.76. The molecule has 6 nitrogen and oxygen atoms in total. The van der Waals surface area contributed by atoms with Crippen molar-refractivity contribution in [2.45, 2.75) is 83.5 Å². The highest BCUT2D eigenvalue weighted by atomic mass is 32.2. The first-order valence-corrected chi connectivity index (χ1v) is 14.1. The number of nitrogens with zero attached hydrogens (tertiary/aromatic N) is 3. The molecule has 0 amide bonds. The third-order valence-electron chi connectivity index (χ3n) is 5.26. The summed E-state index contributed by atoms with van der Waals surface area (Å²) in [5, 5.41) is 0. The molecular weight excluding hydrogens is 476 g/mol. The molecule has 0 atom stereocenters. The van der Waals surface area contributed by atoms with Crippen molar-refractivity contribution in [1.29, 1.82) is 0 Å². The highest BCUT2D eigenvalue weighted by Crippen LogP contribution is 2.41. The number of aromatic nitrogens is 2. The zero-order chi connectivity index (χ0) is 26.2. The van der Waals surface area contributed by atoms with Gasteiger partial charge in [-0.1, -0.05) is 52.8 Å². The van der Waals surface area contributed by atoms with E-state index in [1.807, 2.05) is 51.2 Å². The molecule has 0 aliphatic carbocycles. The Kier molecular flexibility index (Phi) is 7.66. The van der Waals surface area contributed by atoms with Gasteiger partial charge in [0.25, 0.3) is 10.0 Å². The molecule has 3 aromatic rings. The standard InChI is InChI=1S/C27H36N4O2S2/c1-18(2)14-20-16-22(24(34-20)35(32,33)30-27(6,7)8)21-11-10-19(15-23(21)28-9)17-31-13-12-29-25(31)26(3,4)5/h10-13,15-16,18,30H,14,17H2,1-8H3. The van der Waals surface area contributed by atoms with E-state index >= 15 is 0 Å². The lowest BCUT2D eigenvalue weighted by Crippen LogP contribution is -2.40.